The second kappa shape index (κ2) is 11.0. The Kier molecular flexibility index (Phi) is 8.17. The Hall–Kier alpha value is -4.54. The maximum Gasteiger partial charge on any atom is 0.328 e. The number of ether oxygens (including phenoxy) is 3. The molecule has 0 saturated carbocycles. The number of carbonyl (C=O) groups is 4. The molecular formula is C21H21N3O8. The fourth-order valence-electron chi connectivity index (χ4n) is 2.50. The molecule has 0 atom stereocenters. The van der Waals surface area contributed by atoms with Gasteiger partial charge in [0.1, 0.15) is 0 Å². The number of nitrogens with one attached hydrogen (secondary N) is 3. The predicted molar refractivity (Wildman–Crippen MR) is 113 cm³/mol. The van der Waals surface area contributed by atoms with Crippen molar-refractivity contribution in [1.82, 2.24) is 10.9 Å². The summed E-state index contributed by atoms with van der Waals surface area (Å²) in [4.78, 5) is 46.4. The van der Waals surface area contributed by atoms with Crippen molar-refractivity contribution in [2.45, 2.75) is 0 Å². The number of carbonyl (C=O) groups excluding carboxylic acids is 3. The summed E-state index contributed by atoms with van der Waals surface area (Å²) >= 11 is 0. The van der Waals surface area contributed by atoms with Gasteiger partial charge in [-0.05, 0) is 36.4 Å². The smallest absolute Gasteiger partial charge is 0.328 e. The molecule has 11 nitrogen and oxygen atoms in total. The number of methoxy groups -OCH3 is 3. The third kappa shape index (κ3) is 6.23. The molecule has 0 spiro atoms. The van der Waals surface area contributed by atoms with Gasteiger partial charge in [-0.1, -0.05) is 0 Å². The molecule has 0 fully saturated rings. The van der Waals surface area contributed by atoms with E-state index < -0.39 is 23.7 Å². The SMILES string of the molecule is COc1cc(C(=O)Nc2ccc(C(=O)NNC(=O)/C=C\C(=O)O)cc2)cc(OC)c1OC. The van der Waals surface area contributed by atoms with Gasteiger partial charge >= 0.3 is 5.97 Å². The van der Waals surface area contributed by atoms with Crippen molar-refractivity contribution in [1.29, 1.82) is 0 Å². The van der Waals surface area contributed by atoms with Crippen LogP contribution in [0.1, 0.15) is 20.7 Å². The fraction of sp³-hybridized carbons (Fsp3) is 0.143. The third-order valence-electron chi connectivity index (χ3n) is 4.01. The van der Waals surface area contributed by atoms with Gasteiger partial charge in [0, 0.05) is 29.0 Å². The van der Waals surface area contributed by atoms with Gasteiger partial charge in [0.25, 0.3) is 17.7 Å². The van der Waals surface area contributed by atoms with E-state index in [2.05, 4.69) is 10.7 Å². The van der Waals surface area contributed by atoms with Gasteiger partial charge in [0.05, 0.1) is 21.3 Å². The lowest BCUT2D eigenvalue weighted by Gasteiger charge is -2.14. The molecule has 2 aromatic carbocycles. The molecule has 32 heavy (non-hydrogen) atoms. The van der Waals surface area contributed by atoms with Crippen LogP contribution in [0, 0.1) is 0 Å². The molecule has 0 aliphatic rings. The molecule has 0 aliphatic carbocycles. The first kappa shape index (κ1) is 23.7. The Morgan fingerprint density at radius 2 is 1.38 bits per heavy atom. The van der Waals surface area contributed by atoms with Crippen LogP contribution in [0.15, 0.2) is 48.6 Å². The van der Waals surface area contributed by atoms with Crippen LogP contribution in [-0.2, 0) is 9.59 Å². The molecule has 4 N–H and O–H groups in total. The predicted octanol–water partition coefficient (Wildman–Crippen LogP) is 1.37. The molecule has 0 unspecified atom stereocenters. The minimum absolute atomic E-state index is 0.193. The van der Waals surface area contributed by atoms with Gasteiger partial charge in [-0.3, -0.25) is 25.2 Å². The molecule has 0 bridgehead atoms. The van der Waals surface area contributed by atoms with E-state index in [9.17, 15) is 19.2 Å². The monoisotopic (exact) mass is 443 g/mol. The zero-order valence-electron chi connectivity index (χ0n) is 17.4. The molecule has 2 aromatic rings. The number of anilines is 1. The highest BCUT2D eigenvalue weighted by Crippen LogP contribution is 2.38. The van der Waals surface area contributed by atoms with Crippen LogP contribution in [0.5, 0.6) is 17.2 Å². The number of benzene rings is 2. The van der Waals surface area contributed by atoms with Crippen molar-refractivity contribution in [2.75, 3.05) is 26.6 Å². The third-order valence-corrected chi connectivity index (χ3v) is 4.01. The highest BCUT2D eigenvalue weighted by atomic mass is 16.5. The van der Waals surface area contributed by atoms with Crippen LogP contribution in [0.3, 0.4) is 0 Å². The normalized spacial score (nSPS) is 10.2. The van der Waals surface area contributed by atoms with Crippen LogP contribution in [-0.4, -0.2) is 50.1 Å². The fourth-order valence-corrected chi connectivity index (χ4v) is 2.50. The maximum absolute atomic E-state index is 12.6. The highest BCUT2D eigenvalue weighted by Gasteiger charge is 2.17. The van der Waals surface area contributed by atoms with Crippen LogP contribution < -0.4 is 30.4 Å². The number of hydrazine groups is 1. The Bertz CT molecular complexity index is 1020. The van der Waals surface area contributed by atoms with Crippen molar-refractivity contribution in [2.24, 2.45) is 0 Å². The van der Waals surface area contributed by atoms with Crippen molar-refractivity contribution in [3.05, 3.63) is 59.7 Å². The van der Waals surface area contributed by atoms with Crippen LogP contribution >= 0.6 is 0 Å². The number of carboxylic acids is 1. The second-order valence-corrected chi connectivity index (χ2v) is 6.06. The topological polar surface area (TPSA) is 152 Å². The van der Waals surface area contributed by atoms with Gasteiger partial charge < -0.3 is 24.6 Å². The van der Waals surface area contributed by atoms with Crippen molar-refractivity contribution in [3.8, 4) is 17.2 Å². The van der Waals surface area contributed by atoms with Crippen LogP contribution in [0.4, 0.5) is 5.69 Å². The minimum atomic E-state index is -1.30. The average molecular weight is 443 g/mol. The van der Waals surface area contributed by atoms with E-state index in [1.807, 2.05) is 5.43 Å². The van der Waals surface area contributed by atoms with Crippen molar-refractivity contribution < 1.29 is 38.5 Å². The van der Waals surface area contributed by atoms with E-state index in [1.165, 1.54) is 57.7 Å². The van der Waals surface area contributed by atoms with Crippen molar-refractivity contribution in [3.63, 3.8) is 0 Å². The number of amides is 3. The highest BCUT2D eigenvalue weighted by molar-refractivity contribution is 6.05. The molecular weight excluding hydrogens is 422 g/mol. The molecule has 0 heterocycles. The summed E-state index contributed by atoms with van der Waals surface area (Å²) in [5.41, 5.74) is 5.04. The zero-order chi connectivity index (χ0) is 23.7. The zero-order valence-corrected chi connectivity index (χ0v) is 17.4. The first-order valence-electron chi connectivity index (χ1n) is 9.01. The Balaban J connectivity index is 2.04. The van der Waals surface area contributed by atoms with Gasteiger partial charge in [-0.2, -0.15) is 0 Å². The average Bonchev–Trinajstić information content (AvgIpc) is 2.80. The summed E-state index contributed by atoms with van der Waals surface area (Å²) in [6, 6.07) is 8.85. The number of carboxylic acid groups (broad SMARTS) is 1. The number of hydrogen-bond donors (Lipinski definition) is 4. The number of hydrogen-bond acceptors (Lipinski definition) is 7. The summed E-state index contributed by atoms with van der Waals surface area (Å²) in [5, 5.41) is 11.1. The first-order chi connectivity index (χ1) is 15.3. The molecule has 0 radical (unpaired) electrons. The summed E-state index contributed by atoms with van der Waals surface area (Å²) in [5.74, 6) is -2.19. The quantitative estimate of drug-likeness (QED) is 0.353. The van der Waals surface area contributed by atoms with E-state index in [4.69, 9.17) is 19.3 Å². The largest absolute Gasteiger partial charge is 0.493 e. The second-order valence-electron chi connectivity index (χ2n) is 6.06. The minimum Gasteiger partial charge on any atom is -0.493 e. The van der Waals surface area contributed by atoms with E-state index in [-0.39, 0.29) is 11.1 Å². The Morgan fingerprint density at radius 3 is 1.88 bits per heavy atom. The standard InChI is InChI=1S/C21H21N3O8/c1-30-15-10-13(11-16(31-2)19(15)32-3)20(28)22-14-6-4-12(5-7-14)21(29)24-23-17(25)8-9-18(26)27/h4-11H,1-3H3,(H,22,28)(H,23,25)(H,24,29)(H,26,27)/b9-8-. The maximum atomic E-state index is 12.6. The summed E-state index contributed by atoms with van der Waals surface area (Å²) in [7, 11) is 4.33. The molecule has 3 amide bonds. The molecule has 0 aromatic heterocycles. The number of rotatable bonds is 8. The lowest BCUT2D eigenvalue weighted by atomic mass is 10.1. The van der Waals surface area contributed by atoms with Gasteiger partial charge in [-0.15, -0.1) is 0 Å². The van der Waals surface area contributed by atoms with E-state index in [1.54, 1.807) is 0 Å². The molecule has 0 saturated heterocycles. The molecule has 11 heteroatoms. The van der Waals surface area contributed by atoms with Gasteiger partial charge in [-0.25, -0.2) is 4.79 Å². The summed E-state index contributed by atoms with van der Waals surface area (Å²) in [6.45, 7) is 0. The van der Waals surface area contributed by atoms with Crippen LogP contribution in [0.2, 0.25) is 0 Å². The Morgan fingerprint density at radius 1 is 0.781 bits per heavy atom. The van der Waals surface area contributed by atoms with E-state index >= 15 is 0 Å². The van der Waals surface area contributed by atoms with E-state index in [0.29, 0.717) is 29.0 Å². The summed E-state index contributed by atoms with van der Waals surface area (Å²) < 4.78 is 15.7. The van der Waals surface area contributed by atoms with Crippen LogP contribution in [0.25, 0.3) is 0 Å². The molecule has 0 aliphatic heterocycles. The number of aliphatic carboxylic acids is 1. The Labute approximate surface area is 182 Å². The summed E-state index contributed by atoms with van der Waals surface area (Å²) in [6.07, 6.45) is 1.39. The van der Waals surface area contributed by atoms with Gasteiger partial charge in [0.15, 0.2) is 11.5 Å². The van der Waals surface area contributed by atoms with Gasteiger partial charge in [0.2, 0.25) is 5.75 Å². The molecule has 168 valence electrons. The lowest BCUT2D eigenvalue weighted by molar-refractivity contribution is -0.131. The van der Waals surface area contributed by atoms with Crippen molar-refractivity contribution >= 4 is 29.4 Å². The first-order valence-corrected chi connectivity index (χ1v) is 9.01. The lowest BCUT2D eigenvalue weighted by Crippen LogP contribution is -2.40. The molecule has 2 rings (SSSR count). The van der Waals surface area contributed by atoms with E-state index in [0.717, 1.165) is 6.08 Å².